The highest BCUT2D eigenvalue weighted by Gasteiger charge is 2.23. The quantitative estimate of drug-likeness (QED) is 0.109. The number of hydrogen-bond acceptors (Lipinski definition) is 5. The highest BCUT2D eigenvalue weighted by Crippen LogP contribution is 2.30. The molecule has 1 aromatic heterocycles. The van der Waals surface area contributed by atoms with Crippen LogP contribution in [0.5, 0.6) is 5.75 Å². The molecule has 1 N–H and O–H groups in total. The Bertz CT molecular complexity index is 1500. The van der Waals surface area contributed by atoms with E-state index >= 15 is 0 Å². The Morgan fingerprint density at radius 3 is 2.11 bits per heavy atom. The van der Waals surface area contributed by atoms with E-state index in [0.717, 1.165) is 40.0 Å². The number of Topliss-reactive ketones (excluding diaryl/α,β-unsaturated/α-hetero) is 1. The Kier molecular flexibility index (Phi) is 11.4. The number of para-hydroxylation sites is 1. The summed E-state index contributed by atoms with van der Waals surface area (Å²) in [6, 6.07) is 23.0. The van der Waals surface area contributed by atoms with E-state index in [1.54, 1.807) is 24.5 Å². The maximum absolute atomic E-state index is 12.9. The van der Waals surface area contributed by atoms with E-state index in [2.05, 4.69) is 37.7 Å². The summed E-state index contributed by atoms with van der Waals surface area (Å²) in [4.78, 5) is 34.2. The minimum Gasteiger partial charge on any atom is -0.493 e. The Balaban J connectivity index is 1.37. The number of nitrogens with zero attached hydrogens (tertiary/aromatic N) is 2. The van der Waals surface area contributed by atoms with E-state index in [9.17, 15) is 14.7 Å². The van der Waals surface area contributed by atoms with E-state index in [4.69, 9.17) is 4.74 Å². The lowest BCUT2D eigenvalue weighted by molar-refractivity contribution is -0.141. The van der Waals surface area contributed by atoms with Gasteiger partial charge in [0.15, 0.2) is 11.6 Å². The van der Waals surface area contributed by atoms with Crippen LogP contribution in [-0.4, -0.2) is 33.4 Å². The predicted octanol–water partition coefficient (Wildman–Crippen LogP) is 8.97. The molecule has 3 aromatic carbocycles. The van der Waals surface area contributed by atoms with E-state index < -0.39 is 11.9 Å². The minimum atomic E-state index is -0.978. The normalized spacial score (nSPS) is 12.1. The first-order valence-electron chi connectivity index (χ1n) is 15.7. The third-order valence-corrected chi connectivity index (χ3v) is 7.90. The molecular weight excluding hydrogens is 548 g/mol. The van der Waals surface area contributed by atoms with Crippen LogP contribution in [0, 0.1) is 5.92 Å². The molecule has 0 aliphatic carbocycles. The molecule has 4 rings (SSSR count). The standard InChI is InChI=1S/C38H44N2O4/c1-5-6-7-8-11-22-44-35-13-10-9-12-33(35)31-25-39-36(40-26-31)29-16-14-27(15-17-29)23-30(37(42)43)24-34(41)28-18-20-32(21-19-28)38(2,3)4/h9-10,12-21,25-26,30H,5-8,11,22-24H2,1-4H3,(H,42,43)/t30-/m1/s1. The first kappa shape index (κ1) is 32.6. The zero-order valence-electron chi connectivity index (χ0n) is 26.4. The molecule has 1 atom stereocenters. The van der Waals surface area contributed by atoms with Gasteiger partial charge < -0.3 is 9.84 Å². The summed E-state index contributed by atoms with van der Waals surface area (Å²) in [5.74, 6) is -0.546. The van der Waals surface area contributed by atoms with Crippen molar-refractivity contribution in [2.75, 3.05) is 6.61 Å². The van der Waals surface area contributed by atoms with Crippen LogP contribution in [0.3, 0.4) is 0 Å². The molecule has 0 spiro atoms. The Morgan fingerprint density at radius 1 is 0.818 bits per heavy atom. The molecule has 44 heavy (non-hydrogen) atoms. The molecule has 0 saturated carbocycles. The fraction of sp³-hybridized carbons (Fsp3) is 0.368. The summed E-state index contributed by atoms with van der Waals surface area (Å²) in [6.45, 7) is 9.25. The first-order chi connectivity index (χ1) is 21.2. The average molecular weight is 593 g/mol. The van der Waals surface area contributed by atoms with Crippen LogP contribution in [0.2, 0.25) is 0 Å². The zero-order chi connectivity index (χ0) is 31.5. The molecule has 1 heterocycles. The Morgan fingerprint density at radius 2 is 1.48 bits per heavy atom. The van der Waals surface area contributed by atoms with E-state index in [1.807, 2.05) is 60.7 Å². The van der Waals surface area contributed by atoms with Gasteiger partial charge in [-0.1, -0.05) is 120 Å². The van der Waals surface area contributed by atoms with E-state index in [-0.39, 0.29) is 24.0 Å². The molecule has 0 amide bonds. The molecule has 0 unspecified atom stereocenters. The SMILES string of the molecule is CCCCCCCOc1ccccc1-c1cnc(-c2ccc(C[C@H](CC(=O)c3ccc(C(C)(C)C)cc3)C(=O)O)cc2)nc1. The molecule has 6 nitrogen and oxygen atoms in total. The van der Waals surface area contributed by atoms with Gasteiger partial charge >= 0.3 is 5.97 Å². The molecule has 0 bridgehead atoms. The number of ketones is 1. The summed E-state index contributed by atoms with van der Waals surface area (Å²) < 4.78 is 6.10. The fourth-order valence-electron chi connectivity index (χ4n) is 5.15. The summed E-state index contributed by atoms with van der Waals surface area (Å²) in [5.41, 5.74) is 5.17. The predicted molar refractivity (Wildman–Crippen MR) is 176 cm³/mol. The van der Waals surface area contributed by atoms with Gasteiger partial charge in [0.2, 0.25) is 0 Å². The van der Waals surface area contributed by atoms with Gasteiger partial charge in [-0.2, -0.15) is 0 Å². The largest absolute Gasteiger partial charge is 0.493 e. The summed E-state index contributed by atoms with van der Waals surface area (Å²) in [6.07, 6.45) is 9.76. The smallest absolute Gasteiger partial charge is 0.307 e. The van der Waals surface area contributed by atoms with Crippen molar-refractivity contribution in [1.82, 2.24) is 9.97 Å². The van der Waals surface area contributed by atoms with Gasteiger partial charge in [0.05, 0.1) is 12.5 Å². The highest BCUT2D eigenvalue weighted by molar-refractivity contribution is 5.98. The first-order valence-corrected chi connectivity index (χ1v) is 15.7. The molecular formula is C38H44N2O4. The Hall–Kier alpha value is -4.32. The van der Waals surface area contributed by atoms with Crippen molar-refractivity contribution in [2.45, 2.75) is 78.1 Å². The van der Waals surface area contributed by atoms with Crippen LogP contribution in [0.1, 0.15) is 87.7 Å². The molecule has 230 valence electrons. The van der Waals surface area contributed by atoms with Crippen molar-refractivity contribution in [3.05, 3.63) is 102 Å². The zero-order valence-corrected chi connectivity index (χ0v) is 26.4. The van der Waals surface area contributed by atoms with Crippen molar-refractivity contribution in [1.29, 1.82) is 0 Å². The molecule has 0 fully saturated rings. The number of carboxylic acids is 1. The lowest BCUT2D eigenvalue weighted by Crippen LogP contribution is -2.20. The van der Waals surface area contributed by atoms with Crippen LogP contribution < -0.4 is 4.74 Å². The van der Waals surface area contributed by atoms with Crippen LogP contribution in [0.25, 0.3) is 22.5 Å². The van der Waals surface area contributed by atoms with Gasteiger partial charge in [-0.3, -0.25) is 9.59 Å². The third kappa shape index (κ3) is 9.09. The Labute approximate surface area is 261 Å². The van der Waals surface area contributed by atoms with Crippen molar-refractivity contribution in [3.8, 4) is 28.3 Å². The number of hydrogen-bond donors (Lipinski definition) is 1. The van der Waals surface area contributed by atoms with Crippen molar-refractivity contribution >= 4 is 11.8 Å². The number of carbonyl (C=O) groups is 2. The summed E-state index contributed by atoms with van der Waals surface area (Å²) in [5, 5.41) is 9.86. The van der Waals surface area contributed by atoms with Crippen molar-refractivity contribution < 1.29 is 19.4 Å². The van der Waals surface area contributed by atoms with Crippen molar-refractivity contribution in [3.63, 3.8) is 0 Å². The van der Waals surface area contributed by atoms with Gasteiger partial charge in [-0.05, 0) is 35.4 Å². The molecule has 0 aliphatic rings. The number of benzene rings is 3. The molecule has 0 aliphatic heterocycles. The third-order valence-electron chi connectivity index (χ3n) is 7.90. The lowest BCUT2D eigenvalue weighted by Gasteiger charge is -2.19. The average Bonchev–Trinajstić information content (AvgIpc) is 3.02. The molecule has 0 radical (unpaired) electrons. The fourth-order valence-corrected chi connectivity index (χ4v) is 5.15. The molecule has 0 saturated heterocycles. The van der Waals surface area contributed by atoms with Gasteiger partial charge in [0.1, 0.15) is 5.75 Å². The number of unbranched alkanes of at least 4 members (excludes halogenated alkanes) is 4. The van der Waals surface area contributed by atoms with Gasteiger partial charge in [0.25, 0.3) is 0 Å². The summed E-state index contributed by atoms with van der Waals surface area (Å²) in [7, 11) is 0. The van der Waals surface area contributed by atoms with Crippen LogP contribution in [0.4, 0.5) is 0 Å². The van der Waals surface area contributed by atoms with Crippen LogP contribution in [0.15, 0.2) is 85.2 Å². The van der Waals surface area contributed by atoms with Crippen molar-refractivity contribution in [2.24, 2.45) is 5.92 Å². The second-order valence-corrected chi connectivity index (χ2v) is 12.4. The number of aromatic nitrogens is 2. The second-order valence-electron chi connectivity index (χ2n) is 12.4. The topological polar surface area (TPSA) is 89.4 Å². The van der Waals surface area contributed by atoms with E-state index in [1.165, 1.54) is 25.7 Å². The number of carboxylic acid groups (broad SMARTS) is 1. The van der Waals surface area contributed by atoms with E-state index in [0.29, 0.717) is 18.0 Å². The molecule has 4 aromatic rings. The number of ether oxygens (including phenoxy) is 1. The maximum atomic E-state index is 12.9. The van der Waals surface area contributed by atoms with Crippen LogP contribution >= 0.6 is 0 Å². The highest BCUT2D eigenvalue weighted by atomic mass is 16.5. The van der Waals surface area contributed by atoms with Gasteiger partial charge in [-0.25, -0.2) is 9.97 Å². The number of rotatable bonds is 15. The number of aliphatic carboxylic acids is 1. The van der Waals surface area contributed by atoms with Crippen LogP contribution in [-0.2, 0) is 16.6 Å². The molecule has 6 heteroatoms. The lowest BCUT2D eigenvalue weighted by atomic mass is 9.86. The monoisotopic (exact) mass is 592 g/mol. The van der Waals surface area contributed by atoms with Gasteiger partial charge in [0, 0.05) is 41.1 Å². The minimum absolute atomic E-state index is 0.0161. The maximum Gasteiger partial charge on any atom is 0.307 e. The second kappa shape index (κ2) is 15.4. The summed E-state index contributed by atoms with van der Waals surface area (Å²) >= 11 is 0. The van der Waals surface area contributed by atoms with Gasteiger partial charge in [-0.15, -0.1) is 0 Å². The number of carbonyl (C=O) groups excluding carboxylic acids is 1.